The summed E-state index contributed by atoms with van der Waals surface area (Å²) in [6.07, 6.45) is 0.649. The van der Waals surface area contributed by atoms with E-state index in [1.54, 1.807) is 23.2 Å². The van der Waals surface area contributed by atoms with Crippen molar-refractivity contribution in [1.29, 1.82) is 0 Å². The predicted molar refractivity (Wildman–Crippen MR) is 169 cm³/mol. The topological polar surface area (TPSA) is 89.0 Å². The highest BCUT2D eigenvalue weighted by Crippen LogP contribution is 2.41. The van der Waals surface area contributed by atoms with Gasteiger partial charge in [-0.1, -0.05) is 44.2 Å². The van der Waals surface area contributed by atoms with Crippen LogP contribution in [0.4, 0.5) is 10.1 Å². The highest BCUT2D eigenvalue weighted by atomic mass is 35.5. The molecule has 0 unspecified atom stereocenters. The van der Waals surface area contributed by atoms with Gasteiger partial charge in [0.15, 0.2) is 0 Å². The molecule has 3 aromatic rings. The normalized spacial score (nSPS) is 21.5. The van der Waals surface area contributed by atoms with Gasteiger partial charge in [0, 0.05) is 67.5 Å². The zero-order chi connectivity index (χ0) is 28.9. The first-order valence-corrected chi connectivity index (χ1v) is 14.2. The third kappa shape index (κ3) is 6.42. The first-order valence-electron chi connectivity index (χ1n) is 14.2. The van der Waals surface area contributed by atoms with Crippen LogP contribution in [0, 0.1) is 5.82 Å². The van der Waals surface area contributed by atoms with E-state index in [0.717, 1.165) is 16.8 Å². The van der Waals surface area contributed by atoms with Crippen molar-refractivity contribution in [2.75, 3.05) is 37.6 Å². The molecule has 1 saturated heterocycles. The van der Waals surface area contributed by atoms with Crippen LogP contribution >= 0.6 is 24.8 Å². The molecular weight excluding hydrogens is 592 g/mol. The number of carbonyl (C=O) groups excluding carboxylic acids is 2. The third-order valence-corrected chi connectivity index (χ3v) is 8.57. The molecule has 8 nitrogen and oxygen atoms in total. The molecule has 2 aromatic carbocycles. The van der Waals surface area contributed by atoms with Crippen LogP contribution in [0.15, 0.2) is 60.8 Å². The quantitative estimate of drug-likeness (QED) is 0.427. The Morgan fingerprint density at radius 3 is 2.58 bits per heavy atom. The minimum absolute atomic E-state index is 0. The number of halogens is 3. The van der Waals surface area contributed by atoms with Crippen LogP contribution < -0.4 is 10.2 Å². The van der Waals surface area contributed by atoms with Gasteiger partial charge in [-0.25, -0.2) is 4.39 Å². The monoisotopic (exact) mass is 629 g/mol. The van der Waals surface area contributed by atoms with Crippen LogP contribution in [0.3, 0.4) is 0 Å². The lowest BCUT2D eigenvalue weighted by Crippen LogP contribution is -2.60. The molecule has 230 valence electrons. The van der Waals surface area contributed by atoms with Crippen molar-refractivity contribution in [3.05, 3.63) is 94.6 Å². The molecule has 3 aliphatic rings. The summed E-state index contributed by atoms with van der Waals surface area (Å²) in [5.74, 6) is -0.369. The fraction of sp³-hybridized carbons (Fsp3) is 0.406. The van der Waals surface area contributed by atoms with Crippen LogP contribution in [0.2, 0.25) is 0 Å². The number of aliphatic hydroxyl groups excluding tert-OH is 1. The number of benzene rings is 2. The van der Waals surface area contributed by atoms with Crippen LogP contribution in [0.25, 0.3) is 0 Å². The first kappa shape index (κ1) is 32.8. The third-order valence-electron chi connectivity index (χ3n) is 8.57. The molecule has 3 atom stereocenters. The Kier molecular flexibility index (Phi) is 9.83. The van der Waals surface area contributed by atoms with Gasteiger partial charge in [-0.05, 0) is 42.3 Å². The van der Waals surface area contributed by atoms with Crippen molar-refractivity contribution in [3.63, 3.8) is 0 Å². The van der Waals surface area contributed by atoms with Crippen LogP contribution in [-0.4, -0.2) is 76.5 Å². The van der Waals surface area contributed by atoms with Crippen molar-refractivity contribution >= 4 is 42.3 Å². The SMILES string of the molecule is C[C@@H]1CN(CC(=O)N2CC(C)(C)c3ncc([C@H](O)c4ccc(F)cc4)cc32)[C@@H](CN2Cc3ccccc3C2=O)CN1.Cl.Cl. The molecule has 43 heavy (non-hydrogen) atoms. The number of hydrogen-bond acceptors (Lipinski definition) is 6. The Bertz CT molecular complexity index is 1490. The number of piperazine rings is 1. The summed E-state index contributed by atoms with van der Waals surface area (Å²) in [6.45, 7) is 9.43. The summed E-state index contributed by atoms with van der Waals surface area (Å²) in [7, 11) is 0. The predicted octanol–water partition coefficient (Wildman–Crippen LogP) is 4.09. The Morgan fingerprint density at radius 2 is 1.86 bits per heavy atom. The Hall–Kier alpha value is -3.08. The fourth-order valence-corrected chi connectivity index (χ4v) is 6.34. The summed E-state index contributed by atoms with van der Waals surface area (Å²) in [4.78, 5) is 37.5. The summed E-state index contributed by atoms with van der Waals surface area (Å²) in [5, 5.41) is 14.5. The highest BCUT2D eigenvalue weighted by molar-refractivity contribution is 5.98. The van der Waals surface area contributed by atoms with E-state index in [4.69, 9.17) is 0 Å². The van der Waals surface area contributed by atoms with Gasteiger partial charge in [-0.3, -0.25) is 19.5 Å². The molecule has 0 aliphatic carbocycles. The maximum Gasteiger partial charge on any atom is 0.254 e. The second-order valence-corrected chi connectivity index (χ2v) is 12.2. The van der Waals surface area contributed by atoms with E-state index >= 15 is 0 Å². The van der Waals surface area contributed by atoms with Crippen molar-refractivity contribution in [3.8, 4) is 0 Å². The fourth-order valence-electron chi connectivity index (χ4n) is 6.34. The van der Waals surface area contributed by atoms with Crippen molar-refractivity contribution < 1.29 is 19.1 Å². The maximum absolute atomic E-state index is 13.9. The zero-order valence-corrected chi connectivity index (χ0v) is 26.1. The van der Waals surface area contributed by atoms with Gasteiger partial charge in [0.2, 0.25) is 5.91 Å². The number of nitrogens with zero attached hydrogens (tertiary/aromatic N) is 4. The summed E-state index contributed by atoms with van der Waals surface area (Å²) in [5.41, 5.74) is 4.06. The van der Waals surface area contributed by atoms with Gasteiger partial charge < -0.3 is 20.2 Å². The molecule has 1 fully saturated rings. The number of anilines is 1. The van der Waals surface area contributed by atoms with E-state index in [-0.39, 0.29) is 66.5 Å². The van der Waals surface area contributed by atoms with Crippen LogP contribution in [0.1, 0.15) is 59.6 Å². The van der Waals surface area contributed by atoms with E-state index in [1.807, 2.05) is 35.2 Å². The number of fused-ring (bicyclic) bond motifs is 2. The lowest BCUT2D eigenvalue weighted by molar-refractivity contribution is -0.120. The van der Waals surface area contributed by atoms with Gasteiger partial charge >= 0.3 is 0 Å². The van der Waals surface area contributed by atoms with Crippen LogP contribution in [-0.2, 0) is 16.8 Å². The number of aliphatic hydroxyl groups is 1. The molecule has 2 amide bonds. The molecule has 0 bridgehead atoms. The molecule has 11 heteroatoms. The zero-order valence-electron chi connectivity index (χ0n) is 24.5. The molecule has 3 aliphatic heterocycles. The van der Waals surface area contributed by atoms with Gasteiger partial charge in [-0.2, -0.15) is 0 Å². The van der Waals surface area contributed by atoms with Gasteiger partial charge in [0.25, 0.3) is 5.91 Å². The number of pyridine rings is 1. The number of hydrogen-bond donors (Lipinski definition) is 2. The average molecular weight is 631 g/mol. The maximum atomic E-state index is 13.9. The first-order chi connectivity index (χ1) is 19.6. The molecule has 0 spiro atoms. The molecule has 0 radical (unpaired) electrons. The average Bonchev–Trinajstić information content (AvgIpc) is 3.42. The Balaban J connectivity index is 0.00000212. The minimum Gasteiger partial charge on any atom is -0.384 e. The van der Waals surface area contributed by atoms with Gasteiger partial charge in [-0.15, -0.1) is 24.8 Å². The summed E-state index contributed by atoms with van der Waals surface area (Å²) >= 11 is 0. The van der Waals surface area contributed by atoms with E-state index < -0.39 is 6.10 Å². The van der Waals surface area contributed by atoms with Crippen molar-refractivity contribution in [2.24, 2.45) is 0 Å². The molecule has 6 rings (SSSR count). The lowest BCUT2D eigenvalue weighted by Gasteiger charge is -2.41. The number of amides is 2. The Labute approximate surface area is 264 Å². The van der Waals surface area contributed by atoms with E-state index in [2.05, 4.69) is 36.0 Å². The molecular formula is C32H38Cl2FN5O3. The largest absolute Gasteiger partial charge is 0.384 e. The number of carbonyl (C=O) groups is 2. The minimum atomic E-state index is -0.991. The van der Waals surface area contributed by atoms with Gasteiger partial charge in [0.05, 0.1) is 17.9 Å². The van der Waals surface area contributed by atoms with Crippen molar-refractivity contribution in [1.82, 2.24) is 20.1 Å². The number of nitrogens with one attached hydrogen (secondary N) is 1. The molecule has 1 aromatic heterocycles. The van der Waals surface area contributed by atoms with E-state index in [1.165, 1.54) is 12.1 Å². The lowest BCUT2D eigenvalue weighted by atomic mass is 9.90. The van der Waals surface area contributed by atoms with E-state index in [0.29, 0.717) is 49.5 Å². The van der Waals surface area contributed by atoms with E-state index in [9.17, 15) is 19.1 Å². The summed E-state index contributed by atoms with van der Waals surface area (Å²) in [6, 6.07) is 15.5. The standard InChI is InChI=1S/C32H36FN5O3.2ClH/c1-20-15-36(25(14-34-20)17-37-16-22-6-4-5-7-26(22)31(37)41)18-28(39)38-19-32(2,3)30-27(38)12-23(13-35-30)29(40)21-8-10-24(33)11-9-21;;/h4-13,20,25,29,34,40H,14-19H2,1-3H3;2*1H/t20-,25-,29-;;/m1../s1. The van der Waals surface area contributed by atoms with Crippen molar-refractivity contribution in [2.45, 2.75) is 50.9 Å². The second-order valence-electron chi connectivity index (χ2n) is 12.2. The molecule has 4 heterocycles. The number of rotatable bonds is 6. The second kappa shape index (κ2) is 12.9. The smallest absolute Gasteiger partial charge is 0.254 e. The summed E-state index contributed by atoms with van der Waals surface area (Å²) < 4.78 is 13.4. The molecule has 0 saturated carbocycles. The molecule has 2 N–H and O–H groups in total. The van der Waals surface area contributed by atoms with Crippen LogP contribution in [0.5, 0.6) is 0 Å². The van der Waals surface area contributed by atoms with Gasteiger partial charge in [0.1, 0.15) is 11.9 Å². The highest BCUT2D eigenvalue weighted by Gasteiger charge is 2.41. The number of aromatic nitrogens is 1. The Morgan fingerprint density at radius 1 is 1.14 bits per heavy atom.